The van der Waals surface area contributed by atoms with Gasteiger partial charge in [0.05, 0.1) is 12.2 Å². The van der Waals surface area contributed by atoms with Gasteiger partial charge in [-0.15, -0.1) is 0 Å². The van der Waals surface area contributed by atoms with Gasteiger partial charge >= 0.3 is 0 Å². The van der Waals surface area contributed by atoms with Gasteiger partial charge in [0, 0.05) is 0 Å². The van der Waals surface area contributed by atoms with Gasteiger partial charge in [0.15, 0.2) is 0 Å². The number of hydrogen-bond donors (Lipinski definition) is 1. The monoisotopic (exact) mass is 273 g/mol. The molecule has 0 aliphatic rings. The van der Waals surface area contributed by atoms with Crippen LogP contribution in [0.2, 0.25) is 0 Å². The van der Waals surface area contributed by atoms with Crippen molar-refractivity contribution in [1.29, 1.82) is 0 Å². The third kappa shape index (κ3) is 3.43. The van der Waals surface area contributed by atoms with E-state index in [1.165, 1.54) is 0 Å². The molecule has 5 heteroatoms. The Morgan fingerprint density at radius 1 is 1.47 bits per heavy atom. The lowest BCUT2D eigenvalue weighted by molar-refractivity contribution is 0.389. The normalized spacial score (nSPS) is 11.0. The molecule has 15 heavy (non-hydrogen) atoms. The van der Waals surface area contributed by atoms with E-state index in [-0.39, 0.29) is 5.56 Å². The van der Waals surface area contributed by atoms with Crippen LogP contribution in [0.25, 0.3) is 0 Å². The molecule has 0 aliphatic heterocycles. The Morgan fingerprint density at radius 2 is 2.13 bits per heavy atom. The van der Waals surface area contributed by atoms with Gasteiger partial charge in [-0.2, -0.15) is 0 Å². The van der Waals surface area contributed by atoms with E-state index in [1.807, 2.05) is 19.0 Å². The SMILES string of the molecule is CCCc1nc(CN(C)C)[nH]c(=O)c1Br. The molecule has 0 atom stereocenters. The number of aryl methyl sites for hydroxylation is 1. The van der Waals surface area contributed by atoms with E-state index in [9.17, 15) is 4.79 Å². The lowest BCUT2D eigenvalue weighted by Gasteiger charge is -2.10. The highest BCUT2D eigenvalue weighted by Crippen LogP contribution is 2.11. The Balaban J connectivity index is 3.06. The first-order valence-electron chi connectivity index (χ1n) is 4.97. The van der Waals surface area contributed by atoms with Gasteiger partial charge in [-0.25, -0.2) is 4.98 Å². The number of halogens is 1. The van der Waals surface area contributed by atoms with Crippen molar-refractivity contribution in [2.24, 2.45) is 0 Å². The summed E-state index contributed by atoms with van der Waals surface area (Å²) in [7, 11) is 3.89. The second-order valence-electron chi connectivity index (χ2n) is 3.76. The standard InChI is InChI=1S/C10H16BrN3O/c1-4-5-7-9(11)10(15)13-8(12-7)6-14(2)3/h4-6H2,1-3H3,(H,12,13,15). The zero-order valence-electron chi connectivity index (χ0n) is 9.30. The fourth-order valence-electron chi connectivity index (χ4n) is 1.33. The molecule has 1 N–H and O–H groups in total. The van der Waals surface area contributed by atoms with Crippen LogP contribution in [-0.2, 0) is 13.0 Å². The van der Waals surface area contributed by atoms with Gasteiger partial charge in [0.25, 0.3) is 5.56 Å². The summed E-state index contributed by atoms with van der Waals surface area (Å²) in [6.45, 7) is 2.72. The average Bonchev–Trinajstić information content (AvgIpc) is 2.12. The van der Waals surface area contributed by atoms with E-state index in [4.69, 9.17) is 0 Å². The smallest absolute Gasteiger partial charge is 0.265 e. The number of nitrogens with one attached hydrogen (secondary N) is 1. The van der Waals surface area contributed by atoms with E-state index in [0.29, 0.717) is 11.0 Å². The highest BCUT2D eigenvalue weighted by molar-refractivity contribution is 9.10. The maximum atomic E-state index is 11.6. The van der Waals surface area contributed by atoms with Crippen LogP contribution in [0.15, 0.2) is 9.27 Å². The van der Waals surface area contributed by atoms with Crippen LogP contribution < -0.4 is 5.56 Å². The molecule has 0 saturated carbocycles. The summed E-state index contributed by atoms with van der Waals surface area (Å²) >= 11 is 3.26. The van der Waals surface area contributed by atoms with Crippen LogP contribution in [0.5, 0.6) is 0 Å². The van der Waals surface area contributed by atoms with Crippen LogP contribution in [0.1, 0.15) is 24.9 Å². The van der Waals surface area contributed by atoms with Gasteiger partial charge in [0.1, 0.15) is 10.3 Å². The Labute approximate surface area is 97.8 Å². The molecule has 4 nitrogen and oxygen atoms in total. The predicted molar refractivity (Wildman–Crippen MR) is 63.9 cm³/mol. The minimum absolute atomic E-state index is 0.0923. The highest BCUT2D eigenvalue weighted by Gasteiger charge is 2.08. The quantitative estimate of drug-likeness (QED) is 0.906. The molecule has 0 unspecified atom stereocenters. The first kappa shape index (κ1) is 12.4. The van der Waals surface area contributed by atoms with Crippen molar-refractivity contribution < 1.29 is 0 Å². The summed E-state index contributed by atoms with van der Waals surface area (Å²) in [5.74, 6) is 0.719. The van der Waals surface area contributed by atoms with Crippen molar-refractivity contribution in [3.05, 3.63) is 26.3 Å². The van der Waals surface area contributed by atoms with Gasteiger partial charge in [-0.1, -0.05) is 13.3 Å². The van der Waals surface area contributed by atoms with Crippen molar-refractivity contribution in [3.8, 4) is 0 Å². The first-order chi connectivity index (χ1) is 7.04. The molecular formula is C10H16BrN3O. The average molecular weight is 274 g/mol. The summed E-state index contributed by atoms with van der Waals surface area (Å²) in [4.78, 5) is 20.7. The molecule has 84 valence electrons. The molecule has 0 amide bonds. The van der Waals surface area contributed by atoms with E-state index >= 15 is 0 Å². The van der Waals surface area contributed by atoms with E-state index in [2.05, 4.69) is 32.8 Å². The van der Waals surface area contributed by atoms with Crippen molar-refractivity contribution in [3.63, 3.8) is 0 Å². The first-order valence-corrected chi connectivity index (χ1v) is 5.76. The fourth-order valence-corrected chi connectivity index (χ4v) is 1.72. The van der Waals surface area contributed by atoms with Gasteiger partial charge in [0.2, 0.25) is 0 Å². The predicted octanol–water partition coefficient (Wildman–Crippen LogP) is 1.55. The number of nitrogens with zero attached hydrogens (tertiary/aromatic N) is 2. The van der Waals surface area contributed by atoms with Crippen molar-refractivity contribution >= 4 is 15.9 Å². The molecule has 0 aromatic carbocycles. The third-order valence-corrected chi connectivity index (χ3v) is 2.75. The van der Waals surface area contributed by atoms with E-state index in [0.717, 1.165) is 24.4 Å². The van der Waals surface area contributed by atoms with E-state index < -0.39 is 0 Å². The zero-order chi connectivity index (χ0) is 11.4. The van der Waals surface area contributed by atoms with Crippen molar-refractivity contribution in [2.45, 2.75) is 26.3 Å². The molecule has 0 fully saturated rings. The van der Waals surface area contributed by atoms with Gasteiger partial charge in [-0.05, 0) is 36.4 Å². The third-order valence-electron chi connectivity index (χ3n) is 1.93. The summed E-state index contributed by atoms with van der Waals surface area (Å²) < 4.78 is 0.562. The Hall–Kier alpha value is -0.680. The molecule has 1 aromatic rings. The maximum absolute atomic E-state index is 11.6. The molecule has 0 radical (unpaired) electrons. The lowest BCUT2D eigenvalue weighted by Crippen LogP contribution is -2.20. The molecule has 0 aliphatic carbocycles. The minimum atomic E-state index is -0.0923. The fraction of sp³-hybridized carbons (Fsp3) is 0.600. The van der Waals surface area contributed by atoms with Crippen LogP contribution >= 0.6 is 15.9 Å². The minimum Gasteiger partial charge on any atom is -0.308 e. The summed E-state index contributed by atoms with van der Waals surface area (Å²) in [6.07, 6.45) is 1.81. The molecule has 1 rings (SSSR count). The topological polar surface area (TPSA) is 49.0 Å². The van der Waals surface area contributed by atoms with Gasteiger partial charge in [-0.3, -0.25) is 4.79 Å². The largest absolute Gasteiger partial charge is 0.308 e. The molecule has 0 spiro atoms. The molecule has 0 bridgehead atoms. The number of aromatic amines is 1. The molecule has 1 heterocycles. The number of hydrogen-bond acceptors (Lipinski definition) is 3. The van der Waals surface area contributed by atoms with Crippen LogP contribution in [0.4, 0.5) is 0 Å². The van der Waals surface area contributed by atoms with Crippen molar-refractivity contribution in [1.82, 2.24) is 14.9 Å². The summed E-state index contributed by atoms with van der Waals surface area (Å²) in [5, 5.41) is 0. The second-order valence-corrected chi connectivity index (χ2v) is 4.55. The Morgan fingerprint density at radius 3 is 2.67 bits per heavy atom. The molecular weight excluding hydrogens is 258 g/mol. The zero-order valence-corrected chi connectivity index (χ0v) is 10.9. The Kier molecular flexibility index (Phi) is 4.47. The molecule has 0 saturated heterocycles. The second kappa shape index (κ2) is 5.42. The van der Waals surface area contributed by atoms with Crippen LogP contribution in [-0.4, -0.2) is 29.0 Å². The lowest BCUT2D eigenvalue weighted by atomic mass is 10.2. The number of rotatable bonds is 4. The van der Waals surface area contributed by atoms with Gasteiger partial charge < -0.3 is 9.88 Å². The molecule has 1 aromatic heterocycles. The number of H-pyrrole nitrogens is 1. The van der Waals surface area contributed by atoms with Crippen LogP contribution in [0.3, 0.4) is 0 Å². The summed E-state index contributed by atoms with van der Waals surface area (Å²) in [6, 6.07) is 0. The maximum Gasteiger partial charge on any atom is 0.265 e. The van der Waals surface area contributed by atoms with E-state index in [1.54, 1.807) is 0 Å². The van der Waals surface area contributed by atoms with Crippen molar-refractivity contribution in [2.75, 3.05) is 14.1 Å². The number of aromatic nitrogens is 2. The Bertz CT molecular complexity index is 387. The summed E-state index contributed by atoms with van der Waals surface area (Å²) in [5.41, 5.74) is 0.753. The highest BCUT2D eigenvalue weighted by atomic mass is 79.9. The van der Waals surface area contributed by atoms with Crippen LogP contribution in [0, 0.1) is 0 Å².